The highest BCUT2D eigenvalue weighted by Crippen LogP contribution is 2.65. The zero-order valence-electron chi connectivity index (χ0n) is 18.4. The van der Waals surface area contributed by atoms with E-state index in [-0.39, 0.29) is 53.1 Å². The van der Waals surface area contributed by atoms with Crippen LogP contribution in [0.5, 0.6) is 5.75 Å². The third-order valence-corrected chi connectivity index (χ3v) is 8.57. The summed E-state index contributed by atoms with van der Waals surface area (Å²) in [5.41, 5.74) is 0.848. The predicted molar refractivity (Wildman–Crippen MR) is 128 cm³/mol. The van der Waals surface area contributed by atoms with Crippen LogP contribution in [0.2, 0.25) is 10.0 Å². The number of nitrogens with zero attached hydrogens (tertiary/aromatic N) is 2. The van der Waals surface area contributed by atoms with Crippen LogP contribution in [0, 0.1) is 35.5 Å². The number of halogens is 2. The lowest BCUT2D eigenvalue weighted by atomic mass is 9.63. The number of carbonyl (C=O) groups is 3. The maximum absolute atomic E-state index is 13.6. The number of amides is 3. The van der Waals surface area contributed by atoms with Gasteiger partial charge in [0, 0.05) is 11.3 Å². The van der Waals surface area contributed by atoms with Gasteiger partial charge >= 0.3 is 0 Å². The first kappa shape index (κ1) is 21.7. The fourth-order valence-corrected chi connectivity index (χ4v) is 6.41. The number of benzene rings is 2. The second kappa shape index (κ2) is 7.85. The van der Waals surface area contributed by atoms with Gasteiger partial charge in [0.25, 0.3) is 5.91 Å². The lowest BCUT2D eigenvalue weighted by molar-refractivity contribution is -0.140. The van der Waals surface area contributed by atoms with Crippen molar-refractivity contribution in [1.29, 1.82) is 0 Å². The molecule has 0 aromatic heterocycles. The molecule has 1 aliphatic heterocycles. The number of carbonyl (C=O) groups excluding carboxylic acids is 3. The third-order valence-electron chi connectivity index (χ3n) is 7.83. The summed E-state index contributed by atoms with van der Waals surface area (Å²) in [6.45, 7) is -0.162. The number of imide groups is 1. The Bertz CT molecular complexity index is 1210. The minimum absolute atomic E-state index is 0.127. The molecule has 34 heavy (non-hydrogen) atoms. The standard InChI is InChI=1S/C26H22Cl2N2O4/c1-34-15-5-3-14(4-6-15)29(24(31)13-2-9-20(27)21(28)10-13)12-30-25(32)22-16-7-8-17(19-11-18(16)19)23(22)26(30)33/h2-10,16-19,22-23H,11-12H2,1H3/t16-,17-,18-,19+,22-,23+/m0/s1. The molecule has 2 bridgehead atoms. The third kappa shape index (κ3) is 3.19. The van der Waals surface area contributed by atoms with Crippen LogP contribution in [-0.2, 0) is 9.59 Å². The molecule has 3 amide bonds. The number of hydrogen-bond donors (Lipinski definition) is 0. The Morgan fingerprint density at radius 2 is 1.59 bits per heavy atom. The first-order valence-electron chi connectivity index (χ1n) is 11.3. The number of anilines is 1. The molecule has 8 heteroatoms. The molecule has 6 atom stereocenters. The highest BCUT2D eigenvalue weighted by Gasteiger charge is 2.67. The minimum atomic E-state index is -0.386. The van der Waals surface area contributed by atoms with Crippen LogP contribution in [0.15, 0.2) is 54.6 Å². The van der Waals surface area contributed by atoms with Gasteiger partial charge in [-0.1, -0.05) is 35.4 Å². The van der Waals surface area contributed by atoms with Crippen LogP contribution < -0.4 is 9.64 Å². The SMILES string of the molecule is COc1ccc(N(CN2C(=O)[C@@H]3[C@H]4C=C[C@@H]([C@@H]5C[C@H]45)[C@@H]3C2=O)C(=O)c2ccc(Cl)c(Cl)c2)cc1. The van der Waals surface area contributed by atoms with E-state index in [9.17, 15) is 14.4 Å². The topological polar surface area (TPSA) is 66.9 Å². The fourth-order valence-electron chi connectivity index (χ4n) is 6.11. The van der Waals surface area contributed by atoms with E-state index >= 15 is 0 Å². The summed E-state index contributed by atoms with van der Waals surface area (Å²) in [5, 5.41) is 0.591. The van der Waals surface area contributed by atoms with E-state index in [4.69, 9.17) is 27.9 Å². The molecule has 0 unspecified atom stereocenters. The van der Waals surface area contributed by atoms with Crippen molar-refractivity contribution in [1.82, 2.24) is 4.90 Å². The summed E-state index contributed by atoms with van der Waals surface area (Å²) in [5.74, 6) is 0.540. The maximum Gasteiger partial charge on any atom is 0.259 e. The van der Waals surface area contributed by atoms with Crippen LogP contribution >= 0.6 is 23.2 Å². The van der Waals surface area contributed by atoms with Crippen LogP contribution in [0.3, 0.4) is 0 Å². The summed E-state index contributed by atoms with van der Waals surface area (Å²) in [4.78, 5) is 43.3. The molecule has 174 valence electrons. The summed E-state index contributed by atoms with van der Waals surface area (Å²) in [7, 11) is 1.56. The largest absolute Gasteiger partial charge is 0.497 e. The predicted octanol–water partition coefficient (Wildman–Crippen LogP) is 4.66. The highest BCUT2D eigenvalue weighted by atomic mass is 35.5. The van der Waals surface area contributed by atoms with E-state index < -0.39 is 0 Å². The van der Waals surface area contributed by atoms with Gasteiger partial charge in [0.2, 0.25) is 11.8 Å². The Hall–Kier alpha value is -2.83. The van der Waals surface area contributed by atoms with E-state index in [1.54, 1.807) is 43.5 Å². The molecule has 0 radical (unpaired) electrons. The maximum atomic E-state index is 13.6. The van der Waals surface area contributed by atoms with Gasteiger partial charge in [0.1, 0.15) is 12.4 Å². The molecule has 5 aliphatic rings. The summed E-state index contributed by atoms with van der Waals surface area (Å²) < 4.78 is 5.24. The number of hydrogen-bond acceptors (Lipinski definition) is 4. The molecule has 3 fully saturated rings. The van der Waals surface area contributed by atoms with Crippen molar-refractivity contribution in [3.05, 3.63) is 70.2 Å². The molecule has 2 aromatic rings. The first-order chi connectivity index (χ1) is 16.4. The number of methoxy groups -OCH3 is 1. The van der Waals surface area contributed by atoms with Crippen molar-refractivity contribution < 1.29 is 19.1 Å². The van der Waals surface area contributed by atoms with Gasteiger partial charge < -0.3 is 4.74 Å². The number of ether oxygens (including phenoxy) is 1. The fraction of sp³-hybridized carbons (Fsp3) is 0.346. The Morgan fingerprint density at radius 1 is 0.971 bits per heavy atom. The van der Waals surface area contributed by atoms with Gasteiger partial charge in [0.15, 0.2) is 0 Å². The molecule has 2 aromatic carbocycles. The van der Waals surface area contributed by atoms with Crippen LogP contribution in [0.25, 0.3) is 0 Å². The van der Waals surface area contributed by atoms with Crippen LogP contribution in [-0.4, -0.2) is 36.4 Å². The molecule has 1 heterocycles. The van der Waals surface area contributed by atoms with Crippen molar-refractivity contribution in [2.45, 2.75) is 6.42 Å². The number of likely N-dealkylation sites (tertiary alicyclic amines) is 1. The molecule has 1 saturated heterocycles. The Morgan fingerprint density at radius 3 is 2.15 bits per heavy atom. The molecule has 4 aliphatic carbocycles. The van der Waals surface area contributed by atoms with E-state index in [2.05, 4.69) is 12.2 Å². The van der Waals surface area contributed by atoms with Gasteiger partial charge in [-0.2, -0.15) is 0 Å². The molecule has 7 rings (SSSR count). The molecule has 2 saturated carbocycles. The van der Waals surface area contributed by atoms with Crippen LogP contribution in [0.4, 0.5) is 5.69 Å². The highest BCUT2D eigenvalue weighted by molar-refractivity contribution is 6.42. The van der Waals surface area contributed by atoms with Crippen molar-refractivity contribution in [3.63, 3.8) is 0 Å². The second-order valence-electron chi connectivity index (χ2n) is 9.46. The number of rotatable bonds is 5. The quantitative estimate of drug-likeness (QED) is 0.445. The molecular weight excluding hydrogens is 475 g/mol. The Kier molecular flexibility index (Phi) is 5.01. The van der Waals surface area contributed by atoms with Gasteiger partial charge in [0.05, 0.1) is 29.0 Å². The lowest BCUT2D eigenvalue weighted by Gasteiger charge is -2.37. The number of allylic oxidation sites excluding steroid dienone is 2. The minimum Gasteiger partial charge on any atom is -0.497 e. The van der Waals surface area contributed by atoms with Crippen molar-refractivity contribution >= 4 is 46.6 Å². The monoisotopic (exact) mass is 496 g/mol. The van der Waals surface area contributed by atoms with Gasteiger partial charge in [-0.25, -0.2) is 0 Å². The second-order valence-corrected chi connectivity index (χ2v) is 10.3. The molecular formula is C26H22Cl2N2O4. The van der Waals surface area contributed by atoms with E-state index in [0.717, 1.165) is 6.42 Å². The van der Waals surface area contributed by atoms with Crippen LogP contribution in [0.1, 0.15) is 16.8 Å². The average Bonchev–Trinajstić information content (AvgIpc) is 3.64. The zero-order chi connectivity index (χ0) is 23.7. The van der Waals surface area contributed by atoms with E-state index in [1.807, 2.05) is 0 Å². The van der Waals surface area contributed by atoms with Crippen molar-refractivity contribution in [2.75, 3.05) is 18.7 Å². The normalized spacial score (nSPS) is 30.3. The van der Waals surface area contributed by atoms with Crippen molar-refractivity contribution in [2.24, 2.45) is 35.5 Å². The lowest BCUT2D eigenvalue weighted by Crippen LogP contribution is -2.45. The summed E-state index contributed by atoms with van der Waals surface area (Å²) in [6.07, 6.45) is 5.37. The van der Waals surface area contributed by atoms with Gasteiger partial charge in [-0.15, -0.1) is 0 Å². The van der Waals surface area contributed by atoms with E-state index in [0.29, 0.717) is 33.9 Å². The zero-order valence-corrected chi connectivity index (χ0v) is 19.9. The van der Waals surface area contributed by atoms with Gasteiger partial charge in [-0.05, 0) is 72.6 Å². The first-order valence-corrected chi connectivity index (χ1v) is 12.1. The Labute approximate surface area is 207 Å². The molecule has 0 N–H and O–H groups in total. The summed E-state index contributed by atoms with van der Waals surface area (Å²) in [6, 6.07) is 11.6. The average molecular weight is 497 g/mol. The van der Waals surface area contributed by atoms with E-state index in [1.165, 1.54) is 15.9 Å². The smallest absolute Gasteiger partial charge is 0.259 e. The summed E-state index contributed by atoms with van der Waals surface area (Å²) >= 11 is 12.2. The van der Waals surface area contributed by atoms with Gasteiger partial charge in [-0.3, -0.25) is 24.2 Å². The van der Waals surface area contributed by atoms with Crippen molar-refractivity contribution in [3.8, 4) is 5.75 Å². The molecule has 0 spiro atoms. The Balaban J connectivity index is 1.34. The molecule has 6 nitrogen and oxygen atoms in total.